The fraction of sp³-hybridized carbons (Fsp3) is 0.808. The molecular weight excluding hydrogens is 418 g/mol. The number of likely N-dealkylation sites (N-methyl/N-ethyl adjacent to an activating group) is 2. The molecule has 0 saturated carbocycles. The molecule has 0 bridgehead atoms. The van der Waals surface area contributed by atoms with Crippen molar-refractivity contribution >= 4 is 17.8 Å². The molecule has 0 aliphatic carbocycles. The smallest absolute Gasteiger partial charge is 0.331 e. The topological polar surface area (TPSA) is 98.7 Å². The molecule has 0 saturated heterocycles. The first kappa shape index (κ1) is 31.1. The van der Waals surface area contributed by atoms with Crippen molar-refractivity contribution in [2.24, 2.45) is 16.7 Å². The summed E-state index contributed by atoms with van der Waals surface area (Å²) in [6.07, 6.45) is 5.80. The summed E-state index contributed by atoms with van der Waals surface area (Å²) >= 11 is 0. The van der Waals surface area contributed by atoms with Gasteiger partial charge in [0.25, 0.3) is 0 Å². The van der Waals surface area contributed by atoms with Gasteiger partial charge in [0.2, 0.25) is 11.8 Å². The van der Waals surface area contributed by atoms with E-state index in [1.807, 2.05) is 34.6 Å². The molecule has 7 nitrogen and oxygen atoms in total. The number of carboxylic acid groups (broad SMARTS) is 1. The van der Waals surface area contributed by atoms with Gasteiger partial charge in [0.05, 0.1) is 12.1 Å². The van der Waals surface area contributed by atoms with Crippen molar-refractivity contribution in [2.75, 3.05) is 14.1 Å². The maximum absolute atomic E-state index is 13.6. The van der Waals surface area contributed by atoms with Crippen LogP contribution in [0.3, 0.4) is 0 Å². The number of nitrogens with zero attached hydrogens (tertiary/aromatic N) is 1. The number of aliphatic carboxylic acids is 1. The third-order valence-corrected chi connectivity index (χ3v) is 6.39. The van der Waals surface area contributed by atoms with E-state index < -0.39 is 29.5 Å². The molecule has 192 valence electrons. The van der Waals surface area contributed by atoms with Crippen LogP contribution in [0.25, 0.3) is 0 Å². The van der Waals surface area contributed by atoms with Crippen LogP contribution >= 0.6 is 0 Å². The zero-order chi connectivity index (χ0) is 26.1. The van der Waals surface area contributed by atoms with Crippen molar-refractivity contribution in [3.63, 3.8) is 0 Å². The number of rotatable bonds is 13. The van der Waals surface area contributed by atoms with E-state index >= 15 is 0 Å². The zero-order valence-electron chi connectivity index (χ0n) is 22.8. The van der Waals surface area contributed by atoms with Crippen molar-refractivity contribution in [3.8, 4) is 0 Å². The van der Waals surface area contributed by atoms with Crippen molar-refractivity contribution < 1.29 is 19.5 Å². The molecule has 3 N–H and O–H groups in total. The Labute approximate surface area is 201 Å². The molecule has 0 aliphatic heterocycles. The normalized spacial score (nSPS) is 15.7. The number of carbonyl (C=O) groups excluding carboxylic acids is 2. The zero-order valence-corrected chi connectivity index (χ0v) is 22.8. The van der Waals surface area contributed by atoms with Crippen LogP contribution in [0.5, 0.6) is 0 Å². The van der Waals surface area contributed by atoms with Crippen LogP contribution in [0.1, 0.15) is 88.0 Å². The van der Waals surface area contributed by atoms with Crippen LogP contribution in [-0.2, 0) is 14.4 Å². The molecule has 0 aromatic rings. The number of unbranched alkanes of at least 4 members (excludes halogenated alkanes) is 2. The Morgan fingerprint density at radius 2 is 1.58 bits per heavy atom. The van der Waals surface area contributed by atoms with E-state index in [9.17, 15) is 19.5 Å². The van der Waals surface area contributed by atoms with Gasteiger partial charge in [-0.05, 0) is 37.1 Å². The first-order valence-electron chi connectivity index (χ1n) is 12.2. The maximum atomic E-state index is 13.6. The average Bonchev–Trinajstić information content (AvgIpc) is 2.68. The Morgan fingerprint density at radius 1 is 1.03 bits per heavy atom. The molecule has 0 spiro atoms. The first-order chi connectivity index (χ1) is 15.0. The van der Waals surface area contributed by atoms with Gasteiger partial charge in [-0.15, -0.1) is 0 Å². The molecule has 0 fully saturated rings. The largest absolute Gasteiger partial charge is 0.478 e. The molecule has 0 radical (unpaired) electrons. The van der Waals surface area contributed by atoms with Gasteiger partial charge in [0.1, 0.15) is 6.04 Å². The Bertz CT molecular complexity index is 692. The van der Waals surface area contributed by atoms with Crippen LogP contribution in [0, 0.1) is 16.7 Å². The lowest BCUT2D eigenvalue weighted by molar-refractivity contribution is -0.141. The number of hydrogen-bond donors (Lipinski definition) is 3. The average molecular weight is 468 g/mol. The lowest BCUT2D eigenvalue weighted by Gasteiger charge is -2.39. The second-order valence-electron chi connectivity index (χ2n) is 11.3. The number of carbonyl (C=O) groups is 3. The molecule has 0 aromatic carbocycles. The summed E-state index contributed by atoms with van der Waals surface area (Å²) in [6, 6.07) is -1.59. The highest BCUT2D eigenvalue weighted by Gasteiger charge is 2.40. The summed E-state index contributed by atoms with van der Waals surface area (Å²) in [7, 11) is 3.45. The van der Waals surface area contributed by atoms with Gasteiger partial charge in [-0.2, -0.15) is 0 Å². The van der Waals surface area contributed by atoms with Crippen LogP contribution in [0.4, 0.5) is 0 Å². The summed E-state index contributed by atoms with van der Waals surface area (Å²) in [5.41, 5.74) is -0.611. The molecule has 33 heavy (non-hydrogen) atoms. The Morgan fingerprint density at radius 3 is 1.97 bits per heavy atom. The molecule has 3 atom stereocenters. The fourth-order valence-corrected chi connectivity index (χ4v) is 4.16. The predicted octanol–water partition coefficient (Wildman–Crippen LogP) is 4.23. The number of hydrogen-bond acceptors (Lipinski definition) is 4. The highest BCUT2D eigenvalue weighted by molar-refractivity contribution is 5.91. The van der Waals surface area contributed by atoms with E-state index in [0.29, 0.717) is 0 Å². The Balaban J connectivity index is 5.88. The van der Waals surface area contributed by atoms with Crippen LogP contribution < -0.4 is 10.6 Å². The summed E-state index contributed by atoms with van der Waals surface area (Å²) in [4.78, 5) is 39.9. The lowest BCUT2D eigenvalue weighted by atomic mass is 9.78. The molecule has 0 aromatic heterocycles. The Hall–Kier alpha value is -1.89. The second kappa shape index (κ2) is 13.1. The van der Waals surface area contributed by atoms with Gasteiger partial charge < -0.3 is 20.6 Å². The van der Waals surface area contributed by atoms with Gasteiger partial charge in [-0.25, -0.2) is 4.79 Å². The first-order valence-corrected chi connectivity index (χ1v) is 12.2. The molecule has 2 amide bonds. The van der Waals surface area contributed by atoms with Gasteiger partial charge in [-0.1, -0.05) is 80.7 Å². The highest BCUT2D eigenvalue weighted by Crippen LogP contribution is 2.29. The summed E-state index contributed by atoms with van der Waals surface area (Å²) in [6.45, 7) is 17.5. The quantitative estimate of drug-likeness (QED) is 0.278. The van der Waals surface area contributed by atoms with Crippen molar-refractivity contribution in [3.05, 3.63) is 11.6 Å². The van der Waals surface area contributed by atoms with Crippen LogP contribution in [-0.4, -0.2) is 60.0 Å². The number of amides is 2. The molecule has 0 rings (SSSR count). The minimum atomic E-state index is -1.01. The molecular formula is C26H49N3O4. The molecule has 0 unspecified atom stereocenters. The third kappa shape index (κ3) is 9.48. The fourth-order valence-electron chi connectivity index (χ4n) is 4.16. The monoisotopic (exact) mass is 467 g/mol. The summed E-state index contributed by atoms with van der Waals surface area (Å²) in [5, 5.41) is 15.5. The van der Waals surface area contributed by atoms with Gasteiger partial charge >= 0.3 is 5.97 Å². The second-order valence-corrected chi connectivity index (χ2v) is 11.3. The SMILES string of the molecule is CCCCCC(C)(C)[C@@H](NC)C(=O)N[C@H](C(=O)N(C)[C@H](C=C(C)C(=O)O)C(C)C)C(C)(C)C. The minimum Gasteiger partial charge on any atom is -0.478 e. The van der Waals surface area contributed by atoms with E-state index in [-0.39, 0.29) is 28.7 Å². The van der Waals surface area contributed by atoms with Crippen LogP contribution in [0.2, 0.25) is 0 Å². The van der Waals surface area contributed by atoms with E-state index in [1.165, 1.54) is 6.92 Å². The molecule has 0 heterocycles. The maximum Gasteiger partial charge on any atom is 0.331 e. The van der Waals surface area contributed by atoms with Gasteiger partial charge in [0.15, 0.2) is 0 Å². The predicted molar refractivity (Wildman–Crippen MR) is 135 cm³/mol. The third-order valence-electron chi connectivity index (χ3n) is 6.39. The van der Waals surface area contributed by atoms with E-state index in [0.717, 1.165) is 25.7 Å². The van der Waals surface area contributed by atoms with Crippen LogP contribution in [0.15, 0.2) is 11.6 Å². The molecule has 7 heteroatoms. The summed E-state index contributed by atoms with van der Waals surface area (Å²) < 4.78 is 0. The van der Waals surface area contributed by atoms with E-state index in [1.54, 1.807) is 25.1 Å². The van der Waals surface area contributed by atoms with Gasteiger partial charge in [-0.3, -0.25) is 9.59 Å². The standard InChI is InChI=1S/C26H49N3O4/c1-12-13-14-15-26(8,9)20(27-10)22(30)28-21(25(5,6)7)23(31)29(11)19(17(2)3)16-18(4)24(32)33/h16-17,19-21,27H,12-15H2,1-11H3,(H,28,30)(H,32,33)/t19-,20+,21-/m1/s1. The number of nitrogens with one attached hydrogen (secondary N) is 2. The Kier molecular flexibility index (Phi) is 12.4. The highest BCUT2D eigenvalue weighted by atomic mass is 16.4. The summed E-state index contributed by atoms with van der Waals surface area (Å²) in [5.74, 6) is -1.43. The van der Waals surface area contributed by atoms with Crippen molar-refractivity contribution in [1.82, 2.24) is 15.5 Å². The van der Waals surface area contributed by atoms with Gasteiger partial charge in [0, 0.05) is 12.6 Å². The van der Waals surface area contributed by atoms with Crippen molar-refractivity contribution in [1.29, 1.82) is 0 Å². The number of carboxylic acids is 1. The molecule has 0 aliphatic rings. The van der Waals surface area contributed by atoms with E-state index in [2.05, 4.69) is 31.4 Å². The minimum absolute atomic E-state index is 0.00660. The van der Waals surface area contributed by atoms with E-state index in [4.69, 9.17) is 0 Å². The lowest BCUT2D eigenvalue weighted by Crippen LogP contribution is -2.61. The van der Waals surface area contributed by atoms with Crippen molar-refractivity contribution in [2.45, 2.75) is 106 Å².